The number of aliphatic hydroxyl groups excluding tert-OH is 6. The molecule has 6 N–H and O–H groups in total. The van der Waals surface area contributed by atoms with E-state index in [1.165, 1.54) is 21.8 Å². The molecule has 6 rings (SSSR count). The van der Waals surface area contributed by atoms with Gasteiger partial charge in [0.15, 0.2) is 0 Å². The van der Waals surface area contributed by atoms with E-state index in [-0.39, 0.29) is 0 Å². The molecule has 0 amide bonds. The van der Waals surface area contributed by atoms with Crippen molar-refractivity contribution < 1.29 is 40.1 Å². The van der Waals surface area contributed by atoms with Crippen molar-refractivity contribution in [2.45, 2.75) is 59.6 Å². The molecule has 0 bridgehead atoms. The minimum atomic E-state index is -1.42. The zero-order valence-corrected chi connectivity index (χ0v) is 23.3. The summed E-state index contributed by atoms with van der Waals surface area (Å²) < 4.78 is 14.2. The number of ether oxygens (including phenoxy) is 2. The highest BCUT2D eigenvalue weighted by Gasteiger charge is 2.51. The second-order valence-electron chi connectivity index (χ2n) is 10.1. The molecule has 8 unspecified atom stereocenters. The van der Waals surface area contributed by atoms with Crippen molar-refractivity contribution in [2.75, 3.05) is 13.2 Å². The van der Waals surface area contributed by atoms with Crippen LogP contribution in [0.15, 0.2) is 61.2 Å². The van der Waals surface area contributed by atoms with Crippen LogP contribution in [0.5, 0.6) is 0 Å². The van der Waals surface area contributed by atoms with Crippen LogP contribution in [-0.2, 0) is 9.47 Å². The van der Waals surface area contributed by atoms with E-state index in [4.69, 9.17) is 9.47 Å². The lowest BCUT2D eigenvalue weighted by molar-refractivity contribution is -0.189. The van der Waals surface area contributed by atoms with E-state index >= 15 is 0 Å². The maximum absolute atomic E-state index is 11.4. The molecule has 43 heavy (non-hydrogen) atoms. The second kappa shape index (κ2) is 12.7. The van der Waals surface area contributed by atoms with Crippen LogP contribution in [-0.4, -0.2) is 131 Å². The van der Waals surface area contributed by atoms with Crippen molar-refractivity contribution >= 4 is 11.8 Å². The molecule has 2 aliphatic heterocycles. The molecular weight excluding hydrogens is 584 g/mol. The maximum atomic E-state index is 11.4. The number of pyridine rings is 2. The van der Waals surface area contributed by atoms with E-state index in [0.717, 1.165) is 11.8 Å². The highest BCUT2D eigenvalue weighted by atomic mass is 32.2. The van der Waals surface area contributed by atoms with Crippen LogP contribution in [0.3, 0.4) is 0 Å². The van der Waals surface area contributed by atoms with Gasteiger partial charge >= 0.3 is 0 Å². The molecular formula is C26H30N8O8S. The van der Waals surface area contributed by atoms with Gasteiger partial charge in [0.1, 0.15) is 71.0 Å². The molecule has 4 aromatic rings. The summed E-state index contributed by atoms with van der Waals surface area (Å²) in [6.07, 6.45) is -1.59. The molecule has 10 atom stereocenters. The largest absolute Gasteiger partial charge is 0.394 e. The molecule has 16 nitrogen and oxygen atoms in total. The third kappa shape index (κ3) is 5.78. The van der Waals surface area contributed by atoms with Crippen molar-refractivity contribution in [1.29, 1.82) is 0 Å². The van der Waals surface area contributed by atoms with Crippen molar-refractivity contribution in [3.05, 3.63) is 61.2 Å². The van der Waals surface area contributed by atoms with Gasteiger partial charge in [0.25, 0.3) is 0 Å². The number of hydrogen-bond donors (Lipinski definition) is 6. The molecule has 2 saturated heterocycles. The maximum Gasteiger partial charge on any atom is 0.134 e. The van der Waals surface area contributed by atoms with Gasteiger partial charge in [-0.1, -0.05) is 34.3 Å². The fourth-order valence-corrected chi connectivity index (χ4v) is 6.55. The zero-order valence-electron chi connectivity index (χ0n) is 22.4. The average Bonchev–Trinajstić information content (AvgIpc) is 3.72. The van der Waals surface area contributed by atoms with E-state index in [1.807, 2.05) is 0 Å². The van der Waals surface area contributed by atoms with Crippen molar-refractivity contribution in [1.82, 2.24) is 40.0 Å². The molecule has 228 valence electrons. The summed E-state index contributed by atoms with van der Waals surface area (Å²) in [5, 5.41) is 81.1. The van der Waals surface area contributed by atoms with Crippen LogP contribution in [0.2, 0.25) is 0 Å². The fraction of sp³-hybridized carbons (Fsp3) is 0.462. The Morgan fingerprint density at radius 3 is 1.44 bits per heavy atom. The number of rotatable bonds is 8. The highest BCUT2D eigenvalue weighted by molar-refractivity contribution is 8.00. The van der Waals surface area contributed by atoms with Crippen LogP contribution >= 0.6 is 11.8 Å². The van der Waals surface area contributed by atoms with Crippen LogP contribution in [0.1, 0.15) is 12.1 Å². The van der Waals surface area contributed by atoms with Gasteiger partial charge in [-0.05, 0) is 24.3 Å². The lowest BCUT2D eigenvalue weighted by Gasteiger charge is -2.46. The first kappa shape index (κ1) is 29.7. The van der Waals surface area contributed by atoms with Crippen LogP contribution < -0.4 is 0 Å². The van der Waals surface area contributed by atoms with Crippen molar-refractivity contribution in [3.8, 4) is 22.8 Å². The summed E-state index contributed by atoms with van der Waals surface area (Å²) >= 11 is 0.867. The normalized spacial score (nSPS) is 33.0. The van der Waals surface area contributed by atoms with E-state index in [1.54, 1.807) is 48.8 Å². The first-order chi connectivity index (χ1) is 20.9. The SMILES string of the molecule is OCC1OC(S[C@@H]2O[C@H](CO)C(O)C(n3cc(-c4ccccn4)nn3)C2O)C(O)C(n2cc(-c3ccccn3)nn2)C1O. The predicted octanol–water partition coefficient (Wildman–Crippen LogP) is -1.61. The Bertz CT molecular complexity index is 1370. The number of hydrogen-bond acceptors (Lipinski definition) is 15. The molecule has 4 aromatic heterocycles. The Hall–Kier alpha value is -3.39. The Balaban J connectivity index is 1.25. The lowest BCUT2D eigenvalue weighted by atomic mass is 9.97. The predicted molar refractivity (Wildman–Crippen MR) is 148 cm³/mol. The molecule has 0 radical (unpaired) electrons. The Labute approximate surface area is 248 Å². The summed E-state index contributed by atoms with van der Waals surface area (Å²) in [5.41, 5.74) is -0.421. The molecule has 0 aromatic carbocycles. The summed E-state index contributed by atoms with van der Waals surface area (Å²) in [7, 11) is 0. The second-order valence-corrected chi connectivity index (χ2v) is 11.3. The topological polar surface area (TPSA) is 227 Å². The molecule has 6 heterocycles. The standard InChI is InChI=1S/C26H30N8O8S/c35-11-17-21(37)19(33-9-15(29-31-33)13-5-1-3-7-27-13)23(39)25(41-17)43-26-24(40)20(22(38)18(12-36)42-26)34-10-16(30-32-34)14-6-2-4-8-28-14/h1-10,17-26,35-40H,11-12H2/t17-,18?,19?,20?,21?,22?,23?,24?,25+,26?/m1/s1. The van der Waals surface area contributed by atoms with Gasteiger partial charge < -0.3 is 40.1 Å². The Morgan fingerprint density at radius 1 is 0.628 bits per heavy atom. The average molecular weight is 615 g/mol. The van der Waals surface area contributed by atoms with Crippen molar-refractivity contribution in [2.24, 2.45) is 0 Å². The zero-order chi connectivity index (χ0) is 30.1. The lowest BCUT2D eigenvalue weighted by Crippen LogP contribution is -2.58. The molecule has 0 spiro atoms. The molecule has 2 fully saturated rings. The summed E-state index contributed by atoms with van der Waals surface area (Å²) in [6.45, 7) is -1.15. The monoisotopic (exact) mass is 614 g/mol. The summed E-state index contributed by atoms with van der Waals surface area (Å²) in [4.78, 5) is 8.48. The van der Waals surface area contributed by atoms with E-state index in [9.17, 15) is 30.6 Å². The summed E-state index contributed by atoms with van der Waals surface area (Å²) in [6, 6.07) is 8.35. The Kier molecular flexibility index (Phi) is 8.75. The van der Waals surface area contributed by atoms with E-state index in [0.29, 0.717) is 22.8 Å². The smallest absolute Gasteiger partial charge is 0.134 e. The third-order valence-electron chi connectivity index (χ3n) is 7.45. The van der Waals surface area contributed by atoms with Gasteiger partial charge in [0.05, 0.1) is 37.0 Å². The molecule has 2 aliphatic rings. The summed E-state index contributed by atoms with van der Waals surface area (Å²) in [5.74, 6) is 0. The van der Waals surface area contributed by atoms with Crippen molar-refractivity contribution in [3.63, 3.8) is 0 Å². The minimum absolute atomic E-state index is 0.405. The minimum Gasteiger partial charge on any atom is -0.394 e. The molecule has 0 saturated carbocycles. The van der Waals surface area contributed by atoms with Crippen LogP contribution in [0.25, 0.3) is 22.8 Å². The molecule has 0 aliphatic carbocycles. The number of nitrogens with zero attached hydrogens (tertiary/aromatic N) is 8. The van der Waals surface area contributed by atoms with Gasteiger partial charge in [0.2, 0.25) is 0 Å². The Morgan fingerprint density at radius 2 is 1.07 bits per heavy atom. The van der Waals surface area contributed by atoms with Gasteiger partial charge in [-0.15, -0.1) is 10.2 Å². The van der Waals surface area contributed by atoms with Gasteiger partial charge in [-0.25, -0.2) is 9.36 Å². The number of aliphatic hydroxyl groups is 6. The number of aromatic nitrogens is 8. The van der Waals surface area contributed by atoms with Crippen LogP contribution in [0.4, 0.5) is 0 Å². The first-order valence-electron chi connectivity index (χ1n) is 13.5. The highest BCUT2D eigenvalue weighted by Crippen LogP contribution is 2.42. The van der Waals surface area contributed by atoms with E-state index in [2.05, 4.69) is 30.6 Å². The van der Waals surface area contributed by atoms with Gasteiger partial charge in [-0.2, -0.15) is 0 Å². The van der Waals surface area contributed by atoms with Gasteiger partial charge in [-0.3, -0.25) is 9.97 Å². The van der Waals surface area contributed by atoms with Gasteiger partial charge in [0, 0.05) is 12.4 Å². The van der Waals surface area contributed by atoms with Crippen LogP contribution in [0, 0.1) is 0 Å². The van der Waals surface area contributed by atoms with E-state index < -0.39 is 72.8 Å². The first-order valence-corrected chi connectivity index (χ1v) is 14.4. The fourth-order valence-electron chi connectivity index (χ4n) is 5.23. The number of thioether (sulfide) groups is 1. The quantitative estimate of drug-likeness (QED) is 0.131. The molecule has 17 heteroatoms. The third-order valence-corrected chi connectivity index (χ3v) is 8.77.